The molecule has 6 nitrogen and oxygen atoms in total. The normalized spacial score (nSPS) is 18.4. The van der Waals surface area contributed by atoms with Crippen LogP contribution in [-0.4, -0.2) is 44.8 Å². The Labute approximate surface area is 147 Å². The lowest BCUT2D eigenvalue weighted by Crippen LogP contribution is -2.38. The molecular formula is C19H21N5O. The zero-order valence-corrected chi connectivity index (χ0v) is 14.2. The molecule has 0 aliphatic carbocycles. The van der Waals surface area contributed by atoms with E-state index >= 15 is 0 Å². The third-order valence-electron chi connectivity index (χ3n) is 4.59. The molecule has 0 amide bonds. The highest BCUT2D eigenvalue weighted by atomic mass is 16.5. The van der Waals surface area contributed by atoms with Crippen molar-refractivity contribution in [1.29, 1.82) is 0 Å². The Bertz CT molecular complexity index is 833. The third-order valence-corrected chi connectivity index (χ3v) is 4.59. The summed E-state index contributed by atoms with van der Waals surface area (Å²) in [6.07, 6.45) is -0.0855. The lowest BCUT2D eigenvalue weighted by atomic mass is 9.99. The molecule has 1 aliphatic heterocycles. The van der Waals surface area contributed by atoms with Crippen LogP contribution in [0.5, 0.6) is 0 Å². The number of aryl methyl sites for hydroxylation is 1. The fourth-order valence-corrected chi connectivity index (χ4v) is 3.31. The maximum Gasteiger partial charge on any atom is 0.181 e. The minimum atomic E-state index is -0.0855. The highest BCUT2D eigenvalue weighted by molar-refractivity contribution is 5.67. The maximum absolute atomic E-state index is 5.88. The molecule has 1 aliphatic rings. The second kappa shape index (κ2) is 7.13. The van der Waals surface area contributed by atoms with Crippen molar-refractivity contribution in [1.82, 2.24) is 25.1 Å². The summed E-state index contributed by atoms with van der Waals surface area (Å²) < 4.78 is 7.57. The Morgan fingerprint density at radius 3 is 2.68 bits per heavy atom. The van der Waals surface area contributed by atoms with Crippen molar-refractivity contribution in [3.8, 4) is 11.1 Å². The van der Waals surface area contributed by atoms with Crippen LogP contribution in [0.25, 0.3) is 11.1 Å². The van der Waals surface area contributed by atoms with E-state index in [0.717, 1.165) is 25.5 Å². The zero-order valence-electron chi connectivity index (χ0n) is 14.2. The van der Waals surface area contributed by atoms with E-state index in [-0.39, 0.29) is 6.10 Å². The highest BCUT2D eigenvalue weighted by Crippen LogP contribution is 2.26. The quantitative estimate of drug-likeness (QED) is 0.733. The van der Waals surface area contributed by atoms with Gasteiger partial charge in [-0.1, -0.05) is 54.6 Å². The maximum atomic E-state index is 5.88. The number of tetrazole rings is 1. The van der Waals surface area contributed by atoms with Gasteiger partial charge in [0.25, 0.3) is 0 Å². The first-order valence-corrected chi connectivity index (χ1v) is 8.51. The first-order chi connectivity index (χ1) is 12.3. The van der Waals surface area contributed by atoms with Crippen molar-refractivity contribution in [2.75, 3.05) is 19.7 Å². The fourth-order valence-electron chi connectivity index (χ4n) is 3.31. The molecule has 0 N–H and O–H groups in total. The van der Waals surface area contributed by atoms with Gasteiger partial charge in [-0.2, -0.15) is 0 Å². The monoisotopic (exact) mass is 335 g/mol. The summed E-state index contributed by atoms with van der Waals surface area (Å²) in [5.74, 6) is 0.779. The van der Waals surface area contributed by atoms with Gasteiger partial charge in [0.15, 0.2) is 5.82 Å². The Hall–Kier alpha value is -2.57. The number of hydrogen-bond donors (Lipinski definition) is 0. The first-order valence-electron chi connectivity index (χ1n) is 8.51. The van der Waals surface area contributed by atoms with Crippen LogP contribution >= 0.6 is 0 Å². The molecule has 6 heteroatoms. The average molecular weight is 335 g/mol. The van der Waals surface area contributed by atoms with Gasteiger partial charge in [0.05, 0.1) is 6.61 Å². The lowest BCUT2D eigenvalue weighted by molar-refractivity contribution is -0.0388. The van der Waals surface area contributed by atoms with Crippen LogP contribution in [0.3, 0.4) is 0 Å². The minimum absolute atomic E-state index is 0.0855. The van der Waals surface area contributed by atoms with E-state index in [9.17, 15) is 0 Å². The van der Waals surface area contributed by atoms with Crippen molar-refractivity contribution in [3.05, 3.63) is 66.0 Å². The van der Waals surface area contributed by atoms with Gasteiger partial charge in [-0.15, -0.1) is 5.10 Å². The van der Waals surface area contributed by atoms with Crippen LogP contribution in [-0.2, 0) is 18.3 Å². The van der Waals surface area contributed by atoms with Crippen molar-refractivity contribution < 1.29 is 4.74 Å². The van der Waals surface area contributed by atoms with Crippen molar-refractivity contribution >= 4 is 0 Å². The smallest absolute Gasteiger partial charge is 0.181 e. The molecule has 2 aromatic carbocycles. The topological polar surface area (TPSA) is 56.1 Å². The van der Waals surface area contributed by atoms with Gasteiger partial charge in [-0.25, -0.2) is 4.68 Å². The Morgan fingerprint density at radius 1 is 1.08 bits per heavy atom. The number of hydrogen-bond acceptors (Lipinski definition) is 5. The number of rotatable bonds is 4. The summed E-state index contributed by atoms with van der Waals surface area (Å²) in [4.78, 5) is 2.41. The standard InChI is InChI=1S/C19H21N5O/c1-23-19(20-21-22-23)18-14-24(11-12-25-18)13-16-9-5-6-10-17(16)15-7-3-2-4-8-15/h2-10,18H,11-14H2,1H3. The third kappa shape index (κ3) is 3.45. The minimum Gasteiger partial charge on any atom is -0.367 e. The number of morpholine rings is 1. The highest BCUT2D eigenvalue weighted by Gasteiger charge is 2.26. The molecule has 1 saturated heterocycles. The molecule has 4 rings (SSSR count). The van der Waals surface area contributed by atoms with Crippen LogP contribution in [0.15, 0.2) is 54.6 Å². The second-order valence-corrected chi connectivity index (χ2v) is 6.28. The largest absolute Gasteiger partial charge is 0.367 e. The predicted octanol–water partition coefficient (Wildman–Crippen LogP) is 2.45. The summed E-state index contributed by atoms with van der Waals surface area (Å²) in [6.45, 7) is 3.27. The number of nitrogens with zero attached hydrogens (tertiary/aromatic N) is 5. The predicted molar refractivity (Wildman–Crippen MR) is 94.6 cm³/mol. The van der Waals surface area contributed by atoms with Gasteiger partial charge in [-0.3, -0.25) is 4.90 Å². The van der Waals surface area contributed by atoms with E-state index in [4.69, 9.17) is 4.74 Å². The summed E-state index contributed by atoms with van der Waals surface area (Å²) in [6, 6.07) is 19.1. The summed E-state index contributed by atoms with van der Waals surface area (Å²) in [5.41, 5.74) is 3.86. The van der Waals surface area contributed by atoms with E-state index < -0.39 is 0 Å². The molecule has 25 heavy (non-hydrogen) atoms. The van der Waals surface area contributed by atoms with Crippen molar-refractivity contribution in [2.45, 2.75) is 12.6 Å². The van der Waals surface area contributed by atoms with Gasteiger partial charge >= 0.3 is 0 Å². The van der Waals surface area contributed by atoms with Gasteiger partial charge in [0.1, 0.15) is 6.10 Å². The van der Waals surface area contributed by atoms with Crippen LogP contribution in [0.2, 0.25) is 0 Å². The van der Waals surface area contributed by atoms with Gasteiger partial charge in [0, 0.05) is 26.7 Å². The van der Waals surface area contributed by atoms with Gasteiger partial charge in [0.2, 0.25) is 0 Å². The summed E-state index contributed by atoms with van der Waals surface area (Å²) in [5, 5.41) is 11.7. The Kier molecular flexibility index (Phi) is 4.54. The molecular weight excluding hydrogens is 314 g/mol. The Morgan fingerprint density at radius 2 is 1.88 bits per heavy atom. The zero-order chi connectivity index (χ0) is 17.1. The average Bonchev–Trinajstić information content (AvgIpc) is 3.09. The molecule has 0 spiro atoms. The summed E-state index contributed by atoms with van der Waals surface area (Å²) in [7, 11) is 1.85. The van der Waals surface area contributed by atoms with Crippen LogP contribution in [0.4, 0.5) is 0 Å². The van der Waals surface area contributed by atoms with Crippen molar-refractivity contribution in [3.63, 3.8) is 0 Å². The summed E-state index contributed by atoms with van der Waals surface area (Å²) >= 11 is 0. The Balaban J connectivity index is 1.54. The molecule has 3 aromatic rings. The van der Waals surface area contributed by atoms with Gasteiger partial charge < -0.3 is 4.74 Å². The van der Waals surface area contributed by atoms with Crippen molar-refractivity contribution in [2.24, 2.45) is 7.05 Å². The molecule has 1 aromatic heterocycles. The number of benzene rings is 2. The van der Waals surface area contributed by atoms with Crippen LogP contribution in [0.1, 0.15) is 17.5 Å². The molecule has 1 unspecified atom stereocenters. The molecule has 2 heterocycles. The second-order valence-electron chi connectivity index (χ2n) is 6.28. The van der Waals surface area contributed by atoms with Crippen LogP contribution < -0.4 is 0 Å². The molecule has 0 bridgehead atoms. The van der Waals surface area contributed by atoms with E-state index in [1.54, 1.807) is 4.68 Å². The molecule has 0 radical (unpaired) electrons. The molecule has 1 fully saturated rings. The number of ether oxygens (including phenoxy) is 1. The fraction of sp³-hybridized carbons (Fsp3) is 0.316. The van der Waals surface area contributed by atoms with E-state index in [1.807, 2.05) is 13.1 Å². The van der Waals surface area contributed by atoms with E-state index in [0.29, 0.717) is 6.61 Å². The molecule has 128 valence electrons. The van der Waals surface area contributed by atoms with E-state index in [1.165, 1.54) is 16.7 Å². The van der Waals surface area contributed by atoms with Crippen LogP contribution in [0, 0.1) is 0 Å². The lowest BCUT2D eigenvalue weighted by Gasteiger charge is -2.32. The van der Waals surface area contributed by atoms with Gasteiger partial charge in [-0.05, 0) is 27.1 Å². The number of aromatic nitrogens is 4. The van der Waals surface area contributed by atoms with E-state index in [2.05, 4.69) is 69.0 Å². The molecule has 0 saturated carbocycles. The SMILES string of the molecule is Cn1nnnc1C1CN(Cc2ccccc2-c2ccccc2)CCO1. The first kappa shape index (κ1) is 15.9. The molecule has 1 atom stereocenters.